The van der Waals surface area contributed by atoms with Crippen LogP contribution < -0.4 is 34.9 Å². The first-order valence-electron chi connectivity index (χ1n) is 6.16. The molecule has 0 fully saturated rings. The Kier molecular flexibility index (Phi) is 10.8. The van der Waals surface area contributed by atoms with Crippen LogP contribution in [-0.4, -0.2) is 22.5 Å². The Morgan fingerprint density at radius 1 is 1.38 bits per heavy atom. The number of hydrogen-bond acceptors (Lipinski definition) is 3. The zero-order valence-corrected chi connectivity index (χ0v) is 16.5. The number of alkyl carbamates (subject to hydrolysis) is 1. The summed E-state index contributed by atoms with van der Waals surface area (Å²) >= 11 is 2.25. The molecule has 1 amide bonds. The van der Waals surface area contributed by atoms with Crippen LogP contribution in [0.2, 0.25) is 0 Å². The Morgan fingerprint density at radius 3 is 2.52 bits per heavy atom. The van der Waals surface area contributed by atoms with Crippen LogP contribution in [0.15, 0.2) is 30.3 Å². The minimum absolute atomic E-state index is 0. The second kappa shape index (κ2) is 11.1. The molecule has 0 radical (unpaired) electrons. The molecule has 0 aromatic heterocycles. The summed E-state index contributed by atoms with van der Waals surface area (Å²) in [7, 11) is 0. The van der Waals surface area contributed by atoms with Crippen LogP contribution in [0.25, 0.3) is 0 Å². The number of ether oxygens (including phenoxy) is 1. The minimum atomic E-state index is -0.751. The van der Waals surface area contributed by atoms with E-state index in [4.69, 9.17) is 4.74 Å². The summed E-state index contributed by atoms with van der Waals surface area (Å²) in [4.78, 5) is 23.2. The Balaban J connectivity index is 0. The summed E-state index contributed by atoms with van der Waals surface area (Å²) in [6, 6.07) is 8.38. The van der Waals surface area contributed by atoms with E-state index < -0.39 is 12.1 Å². The van der Waals surface area contributed by atoms with Gasteiger partial charge in [-0.05, 0) is 19.1 Å². The summed E-state index contributed by atoms with van der Waals surface area (Å²) in [5.74, 6) is 5.20. The van der Waals surface area contributed by atoms with Crippen molar-refractivity contribution in [1.82, 2.24) is 5.32 Å². The molecular weight excluding hydrogens is 392 g/mol. The van der Waals surface area contributed by atoms with Gasteiger partial charge in [0.2, 0.25) is 0 Å². The number of esters is 1. The maximum Gasteiger partial charge on any atom is 1.00 e. The molecule has 1 aromatic rings. The number of carbonyl (C=O) groups is 2. The van der Waals surface area contributed by atoms with Crippen molar-refractivity contribution in [2.24, 2.45) is 5.92 Å². The van der Waals surface area contributed by atoms with Crippen LogP contribution in [0.4, 0.5) is 4.79 Å². The average molecular weight is 409 g/mol. The molecule has 0 aliphatic carbocycles. The summed E-state index contributed by atoms with van der Waals surface area (Å²) < 4.78 is 4.99. The summed E-state index contributed by atoms with van der Waals surface area (Å²) in [6.07, 6.45) is -0.751. The van der Waals surface area contributed by atoms with Crippen molar-refractivity contribution >= 4 is 34.7 Å². The van der Waals surface area contributed by atoms with Crippen LogP contribution in [0.3, 0.4) is 0 Å². The maximum absolute atomic E-state index is 11.6. The summed E-state index contributed by atoms with van der Waals surface area (Å²) in [5, 5.41) is 2.56. The van der Waals surface area contributed by atoms with E-state index in [1.54, 1.807) is 37.3 Å². The number of carbonyl (C=O) groups excluding carboxylic acids is 2. The first-order chi connectivity index (χ1) is 9.54. The summed E-state index contributed by atoms with van der Waals surface area (Å²) in [5.41, 5.74) is 0.342. The van der Waals surface area contributed by atoms with Crippen molar-refractivity contribution in [2.75, 3.05) is 6.54 Å². The van der Waals surface area contributed by atoms with Gasteiger partial charge in [0.1, 0.15) is 0 Å². The van der Waals surface area contributed by atoms with Crippen LogP contribution >= 0.6 is 22.6 Å². The second-order valence-electron chi connectivity index (χ2n) is 4.10. The zero-order chi connectivity index (χ0) is 15.0. The molecule has 0 saturated carbocycles. The Bertz CT molecular complexity index is 529. The third kappa shape index (κ3) is 7.86. The fourth-order valence-corrected chi connectivity index (χ4v) is 1.89. The molecule has 0 aliphatic rings. The van der Waals surface area contributed by atoms with Crippen LogP contribution in [0.1, 0.15) is 25.6 Å². The van der Waals surface area contributed by atoms with Crippen molar-refractivity contribution in [3.8, 4) is 11.8 Å². The van der Waals surface area contributed by atoms with Gasteiger partial charge in [0.05, 0.1) is 5.56 Å². The van der Waals surface area contributed by atoms with Gasteiger partial charge in [-0.15, -0.1) is 5.92 Å². The van der Waals surface area contributed by atoms with Crippen LogP contribution in [0.5, 0.6) is 0 Å². The van der Waals surface area contributed by atoms with Gasteiger partial charge < -0.3 is 11.5 Å². The van der Waals surface area contributed by atoms with E-state index in [1.807, 2.05) is 6.92 Å². The summed E-state index contributed by atoms with van der Waals surface area (Å²) in [6.45, 7) is 4.12. The maximum atomic E-state index is 11.6. The number of benzene rings is 1. The topological polar surface area (TPSA) is 55.4 Å². The second-order valence-corrected chi connectivity index (χ2v) is 6.07. The predicted molar refractivity (Wildman–Crippen MR) is 86.8 cm³/mol. The van der Waals surface area contributed by atoms with Gasteiger partial charge in [0, 0.05) is 16.4 Å². The number of alkyl halides is 1. The van der Waals surface area contributed by atoms with Gasteiger partial charge in [0.25, 0.3) is 0 Å². The Hall–Kier alpha value is -0.550. The SMILES string of the molecule is CC#CC(CNC(=O)OC(=O)c1ccccc1)C(C)I.[H-].[Na+]. The third-order valence-electron chi connectivity index (χ3n) is 2.55. The molecule has 0 spiro atoms. The van der Waals surface area contributed by atoms with Crippen molar-refractivity contribution in [3.05, 3.63) is 35.9 Å². The fourth-order valence-electron chi connectivity index (χ4n) is 1.46. The molecule has 1 N–H and O–H groups in total. The molecule has 2 unspecified atom stereocenters. The van der Waals surface area contributed by atoms with Crippen LogP contribution in [0, 0.1) is 17.8 Å². The van der Waals surface area contributed by atoms with Gasteiger partial charge in [0.15, 0.2) is 0 Å². The molecule has 21 heavy (non-hydrogen) atoms. The number of amides is 1. The fraction of sp³-hybridized carbons (Fsp3) is 0.333. The number of hydrogen-bond donors (Lipinski definition) is 1. The molecule has 4 nitrogen and oxygen atoms in total. The van der Waals surface area contributed by atoms with Crippen molar-refractivity contribution < 1.29 is 45.3 Å². The van der Waals surface area contributed by atoms with E-state index in [2.05, 4.69) is 39.7 Å². The van der Waals surface area contributed by atoms with E-state index in [0.717, 1.165) is 0 Å². The van der Waals surface area contributed by atoms with Gasteiger partial charge in [-0.1, -0.05) is 53.6 Å². The first-order valence-corrected chi connectivity index (χ1v) is 7.40. The van der Waals surface area contributed by atoms with E-state index in [-0.39, 0.29) is 40.8 Å². The Labute approximate surface area is 162 Å². The number of rotatable bonds is 4. The van der Waals surface area contributed by atoms with Crippen molar-refractivity contribution in [2.45, 2.75) is 17.8 Å². The van der Waals surface area contributed by atoms with Gasteiger partial charge >= 0.3 is 41.6 Å². The molecule has 0 heterocycles. The molecule has 1 aromatic carbocycles. The normalized spacial score (nSPS) is 12.0. The van der Waals surface area contributed by atoms with Crippen molar-refractivity contribution in [3.63, 3.8) is 0 Å². The average Bonchev–Trinajstić information content (AvgIpc) is 2.44. The van der Waals surface area contributed by atoms with Crippen LogP contribution in [-0.2, 0) is 4.74 Å². The standard InChI is InChI=1S/C15H16INO3.Na.H/c1-3-7-13(11(2)16)10-17-15(19)20-14(18)12-8-5-4-6-9-12;;/h4-6,8-9,11,13H,10H2,1-2H3,(H,17,19);;/q;+1;-1. The van der Waals surface area contributed by atoms with E-state index in [1.165, 1.54) is 0 Å². The molecule has 108 valence electrons. The van der Waals surface area contributed by atoms with Gasteiger partial charge in [-0.3, -0.25) is 0 Å². The first kappa shape index (κ1) is 20.5. The minimum Gasteiger partial charge on any atom is -1.00 e. The zero-order valence-electron chi connectivity index (χ0n) is 13.4. The molecule has 0 aliphatic heterocycles. The largest absolute Gasteiger partial charge is 1.00 e. The molecule has 6 heteroatoms. The van der Waals surface area contributed by atoms with E-state index in [0.29, 0.717) is 12.1 Å². The van der Waals surface area contributed by atoms with E-state index >= 15 is 0 Å². The molecule has 2 atom stereocenters. The predicted octanol–water partition coefficient (Wildman–Crippen LogP) is 0.133. The Morgan fingerprint density at radius 2 is 2.00 bits per heavy atom. The monoisotopic (exact) mass is 409 g/mol. The molecular formula is C15H17INNaO3. The third-order valence-corrected chi connectivity index (χ3v) is 3.41. The smallest absolute Gasteiger partial charge is 1.00 e. The van der Waals surface area contributed by atoms with Gasteiger partial charge in [-0.25, -0.2) is 9.59 Å². The van der Waals surface area contributed by atoms with Crippen molar-refractivity contribution in [1.29, 1.82) is 0 Å². The van der Waals surface area contributed by atoms with E-state index in [9.17, 15) is 9.59 Å². The number of nitrogens with one attached hydrogen (secondary N) is 1. The van der Waals surface area contributed by atoms with Gasteiger partial charge in [-0.2, -0.15) is 0 Å². The molecule has 0 bridgehead atoms. The number of halogens is 1. The quantitative estimate of drug-likeness (QED) is 0.192. The molecule has 1 rings (SSSR count). The molecule has 0 saturated heterocycles.